The van der Waals surface area contributed by atoms with Gasteiger partial charge in [-0.15, -0.1) is 0 Å². The van der Waals surface area contributed by atoms with E-state index in [9.17, 15) is 14.7 Å². The Bertz CT molecular complexity index is 669. The molecule has 0 atom stereocenters. The minimum atomic E-state index is -0.569. The Morgan fingerprint density at radius 3 is 2.50 bits per heavy atom. The van der Waals surface area contributed by atoms with Crippen LogP contribution in [0, 0.1) is 0 Å². The average molecular weight is 301 g/mol. The first-order chi connectivity index (χ1) is 10.6. The lowest BCUT2D eigenvalue weighted by Gasteiger charge is -2.09. The second-order valence-corrected chi connectivity index (χ2v) is 4.37. The van der Waals surface area contributed by atoms with Gasteiger partial charge in [-0.3, -0.25) is 4.79 Å². The maximum atomic E-state index is 11.8. The Balaban J connectivity index is 1.95. The number of carbonyl (C=O) groups is 2. The van der Waals surface area contributed by atoms with E-state index >= 15 is 0 Å². The fourth-order valence-corrected chi connectivity index (χ4v) is 1.73. The van der Waals surface area contributed by atoms with Crippen molar-refractivity contribution in [2.24, 2.45) is 0 Å². The molecule has 0 bridgehead atoms. The SMILES string of the molecule is COC(=O)c1ccc(NC(=O)COc2ccccc2)c(O)c1. The van der Waals surface area contributed by atoms with E-state index in [0.717, 1.165) is 0 Å². The average Bonchev–Trinajstić information content (AvgIpc) is 2.55. The quantitative estimate of drug-likeness (QED) is 0.653. The van der Waals surface area contributed by atoms with Crippen molar-refractivity contribution in [1.82, 2.24) is 0 Å². The Labute approximate surface area is 127 Å². The minimum absolute atomic E-state index is 0.189. The summed E-state index contributed by atoms with van der Waals surface area (Å²) < 4.78 is 9.83. The first-order valence-corrected chi connectivity index (χ1v) is 6.49. The number of amides is 1. The highest BCUT2D eigenvalue weighted by Gasteiger charge is 2.11. The van der Waals surface area contributed by atoms with E-state index in [1.807, 2.05) is 6.07 Å². The summed E-state index contributed by atoms with van der Waals surface area (Å²) in [6, 6.07) is 13.0. The molecular weight excluding hydrogens is 286 g/mol. The van der Waals surface area contributed by atoms with E-state index in [-0.39, 0.29) is 23.6 Å². The fourth-order valence-electron chi connectivity index (χ4n) is 1.73. The van der Waals surface area contributed by atoms with Gasteiger partial charge in [-0.2, -0.15) is 0 Å². The van der Waals surface area contributed by atoms with Crippen molar-refractivity contribution in [1.29, 1.82) is 0 Å². The van der Waals surface area contributed by atoms with Crippen molar-refractivity contribution in [2.75, 3.05) is 19.0 Å². The van der Waals surface area contributed by atoms with Crippen LogP contribution < -0.4 is 10.1 Å². The highest BCUT2D eigenvalue weighted by atomic mass is 16.5. The van der Waals surface area contributed by atoms with Crippen molar-refractivity contribution in [3.8, 4) is 11.5 Å². The maximum Gasteiger partial charge on any atom is 0.337 e. The van der Waals surface area contributed by atoms with Crippen LogP contribution in [0.3, 0.4) is 0 Å². The number of anilines is 1. The van der Waals surface area contributed by atoms with Gasteiger partial charge in [0.25, 0.3) is 5.91 Å². The molecule has 0 saturated carbocycles. The standard InChI is InChI=1S/C16H15NO5/c1-21-16(20)11-7-8-13(14(18)9-11)17-15(19)10-22-12-5-3-2-4-6-12/h2-9,18H,10H2,1H3,(H,17,19). The van der Waals surface area contributed by atoms with E-state index < -0.39 is 11.9 Å². The third kappa shape index (κ3) is 3.99. The zero-order chi connectivity index (χ0) is 15.9. The van der Waals surface area contributed by atoms with Gasteiger partial charge in [0.2, 0.25) is 0 Å². The van der Waals surface area contributed by atoms with E-state index in [2.05, 4.69) is 10.1 Å². The summed E-state index contributed by atoms with van der Waals surface area (Å²) in [7, 11) is 1.25. The number of hydrogen-bond acceptors (Lipinski definition) is 5. The third-order valence-electron chi connectivity index (χ3n) is 2.81. The fraction of sp³-hybridized carbons (Fsp3) is 0.125. The Morgan fingerprint density at radius 2 is 1.86 bits per heavy atom. The topological polar surface area (TPSA) is 84.9 Å². The predicted molar refractivity (Wildman–Crippen MR) is 80.0 cm³/mol. The van der Waals surface area contributed by atoms with E-state index in [4.69, 9.17) is 4.74 Å². The summed E-state index contributed by atoms with van der Waals surface area (Å²) in [4.78, 5) is 23.1. The molecule has 6 nitrogen and oxygen atoms in total. The maximum absolute atomic E-state index is 11.8. The second-order valence-electron chi connectivity index (χ2n) is 4.37. The number of rotatable bonds is 5. The molecule has 6 heteroatoms. The van der Waals surface area contributed by atoms with Gasteiger partial charge in [0.05, 0.1) is 18.4 Å². The molecule has 2 aromatic rings. The summed E-state index contributed by atoms with van der Waals surface area (Å²) in [6.45, 7) is -0.192. The van der Waals surface area contributed by atoms with E-state index in [1.54, 1.807) is 24.3 Å². The van der Waals surface area contributed by atoms with Gasteiger partial charge in [-0.1, -0.05) is 18.2 Å². The molecule has 0 aliphatic heterocycles. The molecule has 0 aliphatic rings. The number of nitrogens with one attached hydrogen (secondary N) is 1. The summed E-state index contributed by atoms with van der Waals surface area (Å²) >= 11 is 0. The molecule has 0 aromatic heterocycles. The highest BCUT2D eigenvalue weighted by molar-refractivity contribution is 5.95. The zero-order valence-corrected chi connectivity index (χ0v) is 11.9. The molecule has 114 valence electrons. The number of carbonyl (C=O) groups excluding carboxylic acids is 2. The number of phenolic OH excluding ortho intramolecular Hbond substituents is 1. The molecule has 0 heterocycles. The molecule has 0 spiro atoms. The Kier molecular flexibility index (Phi) is 4.98. The van der Waals surface area contributed by atoms with Crippen LogP contribution in [0.1, 0.15) is 10.4 Å². The number of benzene rings is 2. The van der Waals surface area contributed by atoms with Crippen molar-refractivity contribution in [3.63, 3.8) is 0 Å². The second kappa shape index (κ2) is 7.12. The predicted octanol–water partition coefficient (Wildman–Crippen LogP) is 2.20. The number of methoxy groups -OCH3 is 1. The van der Waals surface area contributed by atoms with Crippen LogP contribution >= 0.6 is 0 Å². The first-order valence-electron chi connectivity index (χ1n) is 6.49. The Morgan fingerprint density at radius 1 is 1.14 bits per heavy atom. The van der Waals surface area contributed by atoms with Crippen LogP contribution in [0.15, 0.2) is 48.5 Å². The van der Waals surface area contributed by atoms with E-state index in [0.29, 0.717) is 5.75 Å². The minimum Gasteiger partial charge on any atom is -0.506 e. The van der Waals surface area contributed by atoms with Crippen molar-refractivity contribution in [2.45, 2.75) is 0 Å². The molecule has 0 saturated heterocycles. The van der Waals surface area contributed by atoms with Gasteiger partial charge in [-0.05, 0) is 30.3 Å². The van der Waals surface area contributed by atoms with Gasteiger partial charge in [-0.25, -0.2) is 4.79 Å². The van der Waals surface area contributed by atoms with Crippen molar-refractivity contribution in [3.05, 3.63) is 54.1 Å². The Hall–Kier alpha value is -3.02. The molecule has 2 N–H and O–H groups in total. The van der Waals surface area contributed by atoms with Crippen molar-refractivity contribution >= 4 is 17.6 Å². The number of para-hydroxylation sites is 1. The molecule has 22 heavy (non-hydrogen) atoms. The molecule has 0 unspecified atom stereocenters. The lowest BCUT2D eigenvalue weighted by atomic mass is 10.2. The van der Waals surface area contributed by atoms with Crippen LogP contribution in [-0.2, 0) is 9.53 Å². The van der Waals surface area contributed by atoms with Gasteiger partial charge < -0.3 is 19.9 Å². The summed E-state index contributed by atoms with van der Waals surface area (Å²) in [6.07, 6.45) is 0. The van der Waals surface area contributed by atoms with E-state index in [1.165, 1.54) is 25.3 Å². The highest BCUT2D eigenvalue weighted by Crippen LogP contribution is 2.24. The monoisotopic (exact) mass is 301 g/mol. The summed E-state index contributed by atoms with van der Waals surface area (Å²) in [5.41, 5.74) is 0.382. The van der Waals surface area contributed by atoms with Crippen molar-refractivity contribution < 1.29 is 24.2 Å². The lowest BCUT2D eigenvalue weighted by Crippen LogP contribution is -2.20. The molecule has 2 rings (SSSR count). The summed E-state index contributed by atoms with van der Waals surface area (Å²) in [5, 5.41) is 12.3. The van der Waals surface area contributed by atoms with Gasteiger partial charge in [0.15, 0.2) is 6.61 Å². The first kappa shape index (κ1) is 15.4. The number of hydrogen-bond donors (Lipinski definition) is 2. The molecule has 2 aromatic carbocycles. The van der Waals surface area contributed by atoms with Crippen LogP contribution in [0.25, 0.3) is 0 Å². The van der Waals surface area contributed by atoms with Crippen LogP contribution in [0.4, 0.5) is 5.69 Å². The van der Waals surface area contributed by atoms with Gasteiger partial charge in [0, 0.05) is 0 Å². The zero-order valence-electron chi connectivity index (χ0n) is 11.9. The molecule has 0 radical (unpaired) electrons. The molecular formula is C16H15NO5. The van der Waals surface area contributed by atoms with Gasteiger partial charge >= 0.3 is 5.97 Å². The molecule has 0 fully saturated rings. The van der Waals surface area contributed by atoms with Crippen LogP contribution in [-0.4, -0.2) is 30.7 Å². The smallest absolute Gasteiger partial charge is 0.337 e. The third-order valence-corrected chi connectivity index (χ3v) is 2.81. The van der Waals surface area contributed by atoms with Crippen LogP contribution in [0.5, 0.6) is 11.5 Å². The number of ether oxygens (including phenoxy) is 2. The number of esters is 1. The lowest BCUT2D eigenvalue weighted by molar-refractivity contribution is -0.118. The van der Waals surface area contributed by atoms with Gasteiger partial charge in [0.1, 0.15) is 11.5 Å². The van der Waals surface area contributed by atoms with Crippen LogP contribution in [0.2, 0.25) is 0 Å². The summed E-state index contributed by atoms with van der Waals surface area (Å²) in [5.74, 6) is -0.649. The molecule has 0 aliphatic carbocycles. The number of aromatic hydroxyl groups is 1. The number of phenols is 1. The largest absolute Gasteiger partial charge is 0.506 e. The normalized spacial score (nSPS) is 9.86. The molecule has 1 amide bonds.